The van der Waals surface area contributed by atoms with Gasteiger partial charge in [-0.1, -0.05) is 35.5 Å². The highest BCUT2D eigenvalue weighted by Crippen LogP contribution is 2.61. The zero-order valence-electron chi connectivity index (χ0n) is 21.0. The molecule has 1 aromatic carbocycles. The highest BCUT2D eigenvalue weighted by atomic mass is 19.3. The first-order chi connectivity index (χ1) is 19.1. The molecule has 1 aliphatic carbocycles. The van der Waals surface area contributed by atoms with Crippen molar-refractivity contribution in [1.29, 1.82) is 0 Å². The van der Waals surface area contributed by atoms with Gasteiger partial charge in [0.1, 0.15) is 17.8 Å². The van der Waals surface area contributed by atoms with Gasteiger partial charge in [-0.25, -0.2) is 27.6 Å². The number of hydrogen-bond donors (Lipinski definition) is 2. The third kappa shape index (κ3) is 5.19. The molecule has 1 aliphatic rings. The van der Waals surface area contributed by atoms with Gasteiger partial charge in [0.25, 0.3) is 5.92 Å². The lowest BCUT2D eigenvalue weighted by atomic mass is 10.1. The number of alkyl halides is 2. The Hall–Kier alpha value is -4.88. The summed E-state index contributed by atoms with van der Waals surface area (Å²) in [5.74, 6) is -8.41. The fraction of sp³-hybridized carbons (Fsp3) is 0.231. The van der Waals surface area contributed by atoms with E-state index in [1.807, 2.05) is 0 Å². The van der Waals surface area contributed by atoms with E-state index in [9.17, 15) is 27.2 Å². The van der Waals surface area contributed by atoms with Crippen molar-refractivity contribution >= 4 is 23.5 Å². The van der Waals surface area contributed by atoms with E-state index in [4.69, 9.17) is 4.74 Å². The normalized spacial score (nSPS) is 18.1. The Morgan fingerprint density at radius 1 is 1.05 bits per heavy atom. The van der Waals surface area contributed by atoms with Crippen LogP contribution in [0.4, 0.5) is 33.9 Å². The van der Waals surface area contributed by atoms with Crippen molar-refractivity contribution in [2.24, 2.45) is 13.0 Å². The van der Waals surface area contributed by atoms with E-state index in [0.717, 1.165) is 6.07 Å². The lowest BCUT2D eigenvalue weighted by Crippen LogP contribution is -2.19. The quantitative estimate of drug-likeness (QED) is 0.247. The second-order valence-corrected chi connectivity index (χ2v) is 9.08. The first kappa shape index (κ1) is 26.7. The van der Waals surface area contributed by atoms with Gasteiger partial charge in [0, 0.05) is 7.05 Å². The van der Waals surface area contributed by atoms with E-state index in [0.29, 0.717) is 11.8 Å². The molecule has 2 amide bonds. The summed E-state index contributed by atoms with van der Waals surface area (Å²) in [5, 5.41) is 12.7. The Labute approximate surface area is 224 Å². The van der Waals surface area contributed by atoms with Crippen molar-refractivity contribution in [2.45, 2.75) is 24.9 Å². The van der Waals surface area contributed by atoms with Gasteiger partial charge in [-0.3, -0.25) is 15.1 Å². The number of aromatic nitrogens is 5. The largest absolute Gasteiger partial charge is 0.441 e. The molecule has 0 radical (unpaired) electrons. The second-order valence-electron chi connectivity index (χ2n) is 9.08. The number of benzene rings is 1. The van der Waals surface area contributed by atoms with Gasteiger partial charge < -0.3 is 10.1 Å². The van der Waals surface area contributed by atoms with E-state index in [2.05, 4.69) is 30.9 Å². The van der Waals surface area contributed by atoms with Crippen LogP contribution in [0, 0.1) is 17.7 Å². The van der Waals surface area contributed by atoms with Crippen LogP contribution in [0.3, 0.4) is 0 Å². The summed E-state index contributed by atoms with van der Waals surface area (Å²) in [4.78, 5) is 32.5. The molecule has 3 aromatic heterocycles. The second kappa shape index (κ2) is 10.4. The smallest absolute Gasteiger partial charge is 0.413 e. The zero-order valence-corrected chi connectivity index (χ0v) is 21.0. The Balaban J connectivity index is 1.25. The molecule has 14 heteroatoms. The topological polar surface area (TPSA) is 124 Å². The summed E-state index contributed by atoms with van der Waals surface area (Å²) in [6.45, 7) is 1.34. The summed E-state index contributed by atoms with van der Waals surface area (Å²) >= 11 is 0. The predicted octanol–water partition coefficient (Wildman–Crippen LogP) is 4.85. The Kier molecular flexibility index (Phi) is 6.92. The summed E-state index contributed by atoms with van der Waals surface area (Å²) < 4.78 is 62.5. The maximum absolute atomic E-state index is 14.4. The van der Waals surface area contributed by atoms with Gasteiger partial charge in [-0.2, -0.15) is 4.39 Å². The molecule has 0 saturated heterocycles. The van der Waals surface area contributed by atoms with Gasteiger partial charge in [0.2, 0.25) is 11.9 Å². The Morgan fingerprint density at radius 3 is 2.50 bits per heavy atom. The van der Waals surface area contributed by atoms with Crippen LogP contribution in [0.1, 0.15) is 30.1 Å². The average Bonchev–Trinajstić information content (AvgIpc) is 3.34. The molecule has 206 valence electrons. The van der Waals surface area contributed by atoms with Crippen molar-refractivity contribution in [2.75, 3.05) is 10.6 Å². The van der Waals surface area contributed by atoms with Crippen molar-refractivity contribution in [1.82, 2.24) is 25.0 Å². The third-order valence-electron chi connectivity index (χ3n) is 6.37. The number of anilines is 2. The molecule has 1 saturated carbocycles. The van der Waals surface area contributed by atoms with Gasteiger partial charge >= 0.3 is 6.09 Å². The molecule has 5 rings (SSSR count). The van der Waals surface area contributed by atoms with E-state index in [1.165, 1.54) is 37.0 Å². The van der Waals surface area contributed by atoms with Gasteiger partial charge in [-0.15, -0.1) is 5.10 Å². The molecule has 10 nitrogen and oxygen atoms in total. The molecule has 0 bridgehead atoms. The molecule has 40 heavy (non-hydrogen) atoms. The number of pyridine rings is 2. The average molecular weight is 555 g/mol. The van der Waals surface area contributed by atoms with Crippen molar-refractivity contribution < 1.29 is 31.9 Å². The lowest BCUT2D eigenvalue weighted by molar-refractivity contribution is -0.119. The molecule has 1 fully saturated rings. The molecule has 0 aliphatic heterocycles. The monoisotopic (exact) mass is 555 g/mol. The molecule has 3 atom stereocenters. The van der Waals surface area contributed by atoms with E-state index in [-0.39, 0.29) is 28.5 Å². The Bertz CT molecular complexity index is 1560. The number of rotatable bonds is 7. The number of halogens is 4. The summed E-state index contributed by atoms with van der Waals surface area (Å²) in [6.07, 6.45) is -0.227. The number of nitrogens with zero attached hydrogens (tertiary/aromatic N) is 5. The molecular weight excluding hydrogens is 534 g/mol. The van der Waals surface area contributed by atoms with Crippen LogP contribution in [0.5, 0.6) is 0 Å². The van der Waals surface area contributed by atoms with Crippen LogP contribution in [0.2, 0.25) is 0 Å². The number of ether oxygens (including phenoxy) is 1. The number of nitrogens with one attached hydrogen (secondary N) is 2. The fourth-order valence-electron chi connectivity index (χ4n) is 4.30. The lowest BCUT2D eigenvalue weighted by Gasteiger charge is -2.15. The summed E-state index contributed by atoms with van der Waals surface area (Å²) in [5.41, 5.74) is 0.669. The minimum Gasteiger partial charge on any atom is -0.441 e. The van der Waals surface area contributed by atoms with E-state index in [1.54, 1.807) is 30.3 Å². The standard InChI is InChI=1S/C26H21F4N7O3/c1-13(17-10-15(27)11-32-22(17)28)40-25(39)34-23-21(35-36-37(23)2)18-9-8-16(12-31-18)33-24(38)20-19(26(20,29)30)14-6-4-3-5-7-14/h3-13,19-20H,1-2H3,(H,33,38)(H,34,39)/t13-,19?,20?/m1/s1. The van der Waals surface area contributed by atoms with Crippen molar-refractivity contribution in [3.8, 4) is 11.4 Å². The van der Waals surface area contributed by atoms with Gasteiger partial charge in [-0.05, 0) is 30.7 Å². The molecule has 3 heterocycles. The highest BCUT2D eigenvalue weighted by molar-refractivity contribution is 5.97. The fourth-order valence-corrected chi connectivity index (χ4v) is 4.30. The van der Waals surface area contributed by atoms with Crippen LogP contribution in [-0.2, 0) is 16.6 Å². The molecular formula is C26H21F4N7O3. The van der Waals surface area contributed by atoms with Crippen LogP contribution >= 0.6 is 0 Å². The van der Waals surface area contributed by atoms with E-state index >= 15 is 0 Å². The molecule has 2 unspecified atom stereocenters. The van der Waals surface area contributed by atoms with Crippen LogP contribution < -0.4 is 10.6 Å². The molecule has 2 N–H and O–H groups in total. The third-order valence-corrected chi connectivity index (χ3v) is 6.37. The molecule has 4 aromatic rings. The number of hydrogen-bond acceptors (Lipinski definition) is 7. The van der Waals surface area contributed by atoms with E-state index < -0.39 is 47.6 Å². The van der Waals surface area contributed by atoms with Crippen molar-refractivity contribution in [3.05, 3.63) is 83.8 Å². The molecule has 0 spiro atoms. The van der Waals surface area contributed by atoms with Crippen LogP contribution in [0.25, 0.3) is 11.4 Å². The minimum absolute atomic E-state index is 0.0719. The summed E-state index contributed by atoms with van der Waals surface area (Å²) in [7, 11) is 1.49. The highest BCUT2D eigenvalue weighted by Gasteiger charge is 2.72. The summed E-state index contributed by atoms with van der Waals surface area (Å²) in [6, 6.07) is 11.9. The van der Waals surface area contributed by atoms with Gasteiger partial charge in [0.15, 0.2) is 11.5 Å². The number of amides is 2. The minimum atomic E-state index is -3.16. The maximum Gasteiger partial charge on any atom is 0.413 e. The first-order valence-corrected chi connectivity index (χ1v) is 11.9. The van der Waals surface area contributed by atoms with Crippen LogP contribution in [0.15, 0.2) is 60.9 Å². The van der Waals surface area contributed by atoms with Crippen LogP contribution in [-0.4, -0.2) is 42.9 Å². The zero-order chi connectivity index (χ0) is 28.6. The maximum atomic E-state index is 14.4. The number of carbonyl (C=O) groups is 2. The predicted molar refractivity (Wildman–Crippen MR) is 133 cm³/mol. The SMILES string of the molecule is C[C@@H](OC(=O)Nc1c(-c2ccc(NC(=O)C3C(c4ccccc4)C3(F)F)cn2)nnn1C)c1cc(F)cnc1F. The number of carbonyl (C=O) groups excluding carboxylic acids is 2. The van der Waals surface area contributed by atoms with Crippen molar-refractivity contribution in [3.63, 3.8) is 0 Å². The first-order valence-electron chi connectivity index (χ1n) is 11.9. The Morgan fingerprint density at radius 2 is 1.80 bits per heavy atom. The van der Waals surface area contributed by atoms with Gasteiger partial charge in [0.05, 0.1) is 35.3 Å². The number of aryl methyl sites for hydroxylation is 1.